The van der Waals surface area contributed by atoms with E-state index in [2.05, 4.69) is 24.2 Å². The molecule has 7 nitrogen and oxygen atoms in total. The molecule has 154 valence electrons. The highest BCUT2D eigenvalue weighted by Gasteiger charge is 2.34. The first-order valence-electron chi connectivity index (χ1n) is 9.46. The van der Waals surface area contributed by atoms with Gasteiger partial charge in [0.25, 0.3) is 0 Å². The second-order valence-corrected chi connectivity index (χ2v) is 10.5. The Morgan fingerprint density at radius 3 is 2.45 bits per heavy atom. The number of hydrogen-bond donors (Lipinski definition) is 0. The summed E-state index contributed by atoms with van der Waals surface area (Å²) in [6.07, 6.45) is 1.03. The molecule has 0 aliphatic carbocycles. The fraction of sp³-hybridized carbons (Fsp3) is 0.400. The third-order valence-electron chi connectivity index (χ3n) is 5.08. The van der Waals surface area contributed by atoms with Gasteiger partial charge in [-0.05, 0) is 52.8 Å². The zero-order valence-corrected chi connectivity index (χ0v) is 18.2. The van der Waals surface area contributed by atoms with Crippen LogP contribution in [0.3, 0.4) is 0 Å². The molecule has 1 aliphatic heterocycles. The molecule has 0 spiro atoms. The zero-order valence-electron chi connectivity index (χ0n) is 16.5. The van der Waals surface area contributed by atoms with Gasteiger partial charge in [-0.3, -0.25) is 0 Å². The average Bonchev–Trinajstić information content (AvgIpc) is 3.18. The summed E-state index contributed by atoms with van der Waals surface area (Å²) in [5, 5.41) is 7.91. The van der Waals surface area contributed by atoms with Crippen molar-refractivity contribution in [1.29, 1.82) is 0 Å². The van der Waals surface area contributed by atoms with Gasteiger partial charge >= 0.3 is 0 Å². The van der Waals surface area contributed by atoms with Crippen LogP contribution >= 0.6 is 11.8 Å². The van der Waals surface area contributed by atoms with Gasteiger partial charge in [0.1, 0.15) is 10.6 Å². The number of para-hydroxylation sites is 1. The number of ether oxygens (including phenoxy) is 1. The van der Waals surface area contributed by atoms with Crippen molar-refractivity contribution < 1.29 is 17.8 Å². The van der Waals surface area contributed by atoms with Crippen molar-refractivity contribution in [2.24, 2.45) is 11.8 Å². The molecular formula is C20H23N3O4S2. The molecule has 2 atom stereocenters. The van der Waals surface area contributed by atoms with E-state index in [9.17, 15) is 8.42 Å². The van der Waals surface area contributed by atoms with Gasteiger partial charge in [-0.15, -0.1) is 0 Å². The number of methoxy groups -OCH3 is 1. The van der Waals surface area contributed by atoms with Crippen LogP contribution in [-0.4, -0.2) is 43.2 Å². The Hall–Kier alpha value is -2.10. The second-order valence-electron chi connectivity index (χ2n) is 7.54. The molecule has 3 aromatic rings. The van der Waals surface area contributed by atoms with Crippen LogP contribution in [0.25, 0.3) is 11.0 Å². The summed E-state index contributed by atoms with van der Waals surface area (Å²) >= 11 is 1.43. The van der Waals surface area contributed by atoms with Crippen molar-refractivity contribution in [2.45, 2.75) is 35.0 Å². The molecule has 1 aliphatic rings. The molecule has 1 aromatic heterocycles. The molecule has 2 heterocycles. The van der Waals surface area contributed by atoms with E-state index in [1.165, 1.54) is 11.8 Å². The van der Waals surface area contributed by atoms with Gasteiger partial charge in [-0.1, -0.05) is 37.7 Å². The van der Waals surface area contributed by atoms with Gasteiger partial charge in [0.2, 0.25) is 10.0 Å². The second kappa shape index (κ2) is 7.97. The topological polar surface area (TPSA) is 85.5 Å². The largest absolute Gasteiger partial charge is 0.496 e. The summed E-state index contributed by atoms with van der Waals surface area (Å²) in [4.78, 5) is 1.79. The lowest BCUT2D eigenvalue weighted by Crippen LogP contribution is -2.42. The van der Waals surface area contributed by atoms with E-state index in [1.54, 1.807) is 23.5 Å². The Morgan fingerprint density at radius 1 is 1.03 bits per heavy atom. The van der Waals surface area contributed by atoms with Crippen molar-refractivity contribution in [1.82, 2.24) is 14.6 Å². The maximum Gasteiger partial charge on any atom is 0.245 e. The summed E-state index contributed by atoms with van der Waals surface area (Å²) in [5.41, 5.74) is 0.691. The summed E-state index contributed by atoms with van der Waals surface area (Å²) in [6.45, 7) is 5.19. The minimum Gasteiger partial charge on any atom is -0.496 e. The molecule has 9 heteroatoms. The van der Waals surface area contributed by atoms with Gasteiger partial charge in [0.05, 0.1) is 12.0 Å². The smallest absolute Gasteiger partial charge is 0.245 e. The highest BCUT2D eigenvalue weighted by Crippen LogP contribution is 2.39. The number of sulfonamides is 1. The molecule has 0 amide bonds. The van der Waals surface area contributed by atoms with Gasteiger partial charge in [-0.2, -0.15) is 4.31 Å². The van der Waals surface area contributed by atoms with E-state index in [0.717, 1.165) is 22.0 Å². The number of hydrogen-bond acceptors (Lipinski definition) is 7. The first kappa shape index (κ1) is 20.2. The van der Waals surface area contributed by atoms with Gasteiger partial charge in [-0.25, -0.2) is 13.0 Å². The highest BCUT2D eigenvalue weighted by molar-refractivity contribution is 7.99. The van der Waals surface area contributed by atoms with Crippen molar-refractivity contribution in [2.75, 3.05) is 20.2 Å². The molecule has 0 saturated carbocycles. The Kier molecular flexibility index (Phi) is 5.54. The number of benzene rings is 2. The molecule has 0 radical (unpaired) electrons. The monoisotopic (exact) mass is 433 g/mol. The molecule has 29 heavy (non-hydrogen) atoms. The summed E-state index contributed by atoms with van der Waals surface area (Å²) in [5.74, 6) is 1.37. The number of nitrogens with zero attached hydrogens (tertiary/aromatic N) is 3. The van der Waals surface area contributed by atoms with Crippen molar-refractivity contribution in [3.05, 3.63) is 36.4 Å². The van der Waals surface area contributed by atoms with Crippen molar-refractivity contribution in [3.8, 4) is 5.75 Å². The predicted octanol–water partition coefficient (Wildman–Crippen LogP) is 4.05. The van der Waals surface area contributed by atoms with Crippen LogP contribution < -0.4 is 4.74 Å². The van der Waals surface area contributed by atoms with E-state index in [4.69, 9.17) is 9.37 Å². The van der Waals surface area contributed by atoms with Crippen molar-refractivity contribution >= 4 is 32.8 Å². The minimum absolute atomic E-state index is 0.138. The highest BCUT2D eigenvalue weighted by atomic mass is 32.2. The third kappa shape index (κ3) is 3.86. The zero-order chi connectivity index (χ0) is 20.6. The van der Waals surface area contributed by atoms with E-state index >= 15 is 0 Å². The first-order valence-corrected chi connectivity index (χ1v) is 11.7. The number of piperidine rings is 1. The van der Waals surface area contributed by atoms with Crippen LogP contribution in [0, 0.1) is 11.8 Å². The summed E-state index contributed by atoms with van der Waals surface area (Å²) < 4.78 is 38.6. The molecule has 4 rings (SSSR count). The van der Waals surface area contributed by atoms with Gasteiger partial charge < -0.3 is 4.74 Å². The normalized spacial score (nSPS) is 20.8. The van der Waals surface area contributed by atoms with E-state index < -0.39 is 10.0 Å². The Bertz CT molecular complexity index is 1120. The molecule has 1 fully saturated rings. The lowest BCUT2D eigenvalue weighted by Gasteiger charge is -2.34. The van der Waals surface area contributed by atoms with Crippen LogP contribution in [0.1, 0.15) is 20.3 Å². The number of fused-ring (bicyclic) bond motifs is 1. The van der Waals surface area contributed by atoms with Crippen LogP contribution in [0.2, 0.25) is 0 Å². The van der Waals surface area contributed by atoms with Gasteiger partial charge in [0.15, 0.2) is 11.0 Å². The quantitative estimate of drug-likeness (QED) is 0.600. The van der Waals surface area contributed by atoms with Crippen LogP contribution in [-0.2, 0) is 10.0 Å². The van der Waals surface area contributed by atoms with E-state index in [-0.39, 0.29) is 10.4 Å². The predicted molar refractivity (Wildman–Crippen MR) is 111 cm³/mol. The standard InChI is InChI=1S/C20H23N3O4S2/c1-13-10-14(2)12-23(11-13)29(24,25)18-9-8-17(19-20(18)22-27-21-19)28-16-7-5-4-6-15(16)26-3/h4-9,13-14H,10-12H2,1-3H3. The molecule has 0 N–H and O–H groups in total. The molecule has 2 aromatic carbocycles. The maximum atomic E-state index is 13.4. The third-order valence-corrected chi connectivity index (χ3v) is 8.05. The fourth-order valence-electron chi connectivity index (χ4n) is 3.87. The maximum absolute atomic E-state index is 13.4. The Balaban J connectivity index is 1.73. The lowest BCUT2D eigenvalue weighted by molar-refractivity contribution is 0.222. The number of rotatable bonds is 5. The Morgan fingerprint density at radius 2 is 1.72 bits per heavy atom. The fourth-order valence-corrected chi connectivity index (χ4v) is 6.67. The Labute approximate surface area is 174 Å². The van der Waals surface area contributed by atoms with Crippen molar-refractivity contribution in [3.63, 3.8) is 0 Å². The molecule has 2 unspecified atom stereocenters. The van der Waals surface area contributed by atoms with E-state index in [0.29, 0.717) is 30.4 Å². The minimum atomic E-state index is -3.69. The molecule has 0 bridgehead atoms. The van der Waals surface area contributed by atoms with Crippen LogP contribution in [0.4, 0.5) is 0 Å². The summed E-state index contributed by atoms with van der Waals surface area (Å²) in [7, 11) is -2.08. The van der Waals surface area contributed by atoms with Crippen LogP contribution in [0.15, 0.2) is 55.7 Å². The SMILES string of the molecule is COc1ccccc1Sc1ccc(S(=O)(=O)N2CC(C)CC(C)C2)c2nonc12. The molecular weight excluding hydrogens is 410 g/mol. The van der Waals surface area contributed by atoms with E-state index in [1.807, 2.05) is 24.3 Å². The number of aromatic nitrogens is 2. The first-order chi connectivity index (χ1) is 13.9. The van der Waals surface area contributed by atoms with Gasteiger partial charge in [0, 0.05) is 18.0 Å². The molecule has 1 saturated heterocycles. The lowest BCUT2D eigenvalue weighted by atomic mass is 9.94. The summed E-state index contributed by atoms with van der Waals surface area (Å²) in [6, 6.07) is 11.0. The average molecular weight is 434 g/mol. The van der Waals surface area contributed by atoms with Crippen LogP contribution in [0.5, 0.6) is 5.75 Å².